The minimum absolute atomic E-state index is 0. The Morgan fingerprint density at radius 3 is 2.54 bits per heavy atom. The van der Waals surface area contributed by atoms with E-state index in [0.29, 0.717) is 18.2 Å². The van der Waals surface area contributed by atoms with Gasteiger partial charge in [0.15, 0.2) is 5.96 Å². The second kappa shape index (κ2) is 9.03. The fraction of sp³-hybridized carbons (Fsp3) is 0.944. The van der Waals surface area contributed by atoms with Crippen LogP contribution in [-0.4, -0.2) is 60.8 Å². The number of aliphatic imine (C=N–C) groups is 1. The van der Waals surface area contributed by atoms with Crippen LogP contribution in [0.1, 0.15) is 59.3 Å². The number of guanidine groups is 1. The first-order valence-corrected chi connectivity index (χ1v) is 9.54. The van der Waals surface area contributed by atoms with Crippen molar-refractivity contribution in [3.8, 4) is 0 Å². The van der Waals surface area contributed by atoms with E-state index in [-0.39, 0.29) is 29.5 Å². The third-order valence-electron chi connectivity index (χ3n) is 5.61. The lowest BCUT2D eigenvalue weighted by molar-refractivity contribution is 0.0988. The zero-order valence-corrected chi connectivity index (χ0v) is 17.8. The molecule has 3 unspecified atom stereocenters. The maximum atomic E-state index is 5.95. The maximum absolute atomic E-state index is 5.95. The summed E-state index contributed by atoms with van der Waals surface area (Å²) in [5, 5.41) is 7.03. The second-order valence-corrected chi connectivity index (χ2v) is 7.92. The molecule has 24 heavy (non-hydrogen) atoms. The molecule has 0 spiro atoms. The molecule has 0 aromatic heterocycles. The van der Waals surface area contributed by atoms with Crippen molar-refractivity contribution < 1.29 is 4.74 Å². The molecule has 3 fully saturated rings. The third kappa shape index (κ3) is 4.97. The first-order valence-electron chi connectivity index (χ1n) is 9.54. The molecule has 0 aromatic carbocycles. The maximum Gasteiger partial charge on any atom is 0.191 e. The van der Waals surface area contributed by atoms with E-state index in [1.54, 1.807) is 0 Å². The van der Waals surface area contributed by atoms with Gasteiger partial charge in [0, 0.05) is 12.1 Å². The van der Waals surface area contributed by atoms with Crippen LogP contribution in [0.15, 0.2) is 4.99 Å². The van der Waals surface area contributed by atoms with Crippen molar-refractivity contribution in [1.29, 1.82) is 0 Å². The van der Waals surface area contributed by atoms with Crippen LogP contribution in [0.25, 0.3) is 0 Å². The number of likely N-dealkylation sites (tertiary alicyclic amines) is 1. The number of halogens is 1. The van der Waals surface area contributed by atoms with Gasteiger partial charge in [-0.05, 0) is 66.0 Å². The van der Waals surface area contributed by atoms with Gasteiger partial charge in [-0.25, -0.2) is 0 Å². The Balaban J connectivity index is 0.00000208. The summed E-state index contributed by atoms with van der Waals surface area (Å²) in [5.41, 5.74) is 0.133. The number of nitrogens with one attached hydrogen (secondary N) is 2. The van der Waals surface area contributed by atoms with E-state index < -0.39 is 0 Å². The molecule has 0 aliphatic carbocycles. The van der Waals surface area contributed by atoms with Crippen molar-refractivity contribution >= 4 is 29.9 Å². The van der Waals surface area contributed by atoms with Crippen molar-refractivity contribution in [2.24, 2.45) is 4.99 Å². The summed E-state index contributed by atoms with van der Waals surface area (Å²) in [5.74, 6) is 0.957. The average molecular weight is 450 g/mol. The van der Waals surface area contributed by atoms with Crippen molar-refractivity contribution in [3.05, 3.63) is 0 Å². The number of ether oxygens (including phenoxy) is 1. The first-order chi connectivity index (χ1) is 11.1. The van der Waals surface area contributed by atoms with E-state index in [0.717, 1.165) is 25.5 Å². The van der Waals surface area contributed by atoms with Crippen LogP contribution in [0.4, 0.5) is 0 Å². The zero-order valence-electron chi connectivity index (χ0n) is 15.5. The molecule has 0 amide bonds. The standard InChI is InChI=1S/C18H34N4O.HI/c1-4-19-17(21-15-12-14-8-9-16(15)23-14)20-13-18(2,3)22-10-6-5-7-11-22;/h14-16H,4-13H2,1-3H3,(H2,19,20,21);1H. The number of piperidine rings is 1. The van der Waals surface area contributed by atoms with Gasteiger partial charge in [-0.2, -0.15) is 0 Å². The highest BCUT2D eigenvalue weighted by Crippen LogP contribution is 2.34. The van der Waals surface area contributed by atoms with Gasteiger partial charge in [0.1, 0.15) is 0 Å². The van der Waals surface area contributed by atoms with E-state index in [1.807, 2.05) is 0 Å². The summed E-state index contributed by atoms with van der Waals surface area (Å²) in [6.45, 7) is 10.9. The monoisotopic (exact) mass is 450 g/mol. The summed E-state index contributed by atoms with van der Waals surface area (Å²) >= 11 is 0. The summed E-state index contributed by atoms with van der Waals surface area (Å²) in [4.78, 5) is 7.51. The van der Waals surface area contributed by atoms with E-state index in [9.17, 15) is 0 Å². The smallest absolute Gasteiger partial charge is 0.191 e. The predicted octanol–water partition coefficient (Wildman–Crippen LogP) is 2.74. The van der Waals surface area contributed by atoms with Gasteiger partial charge in [0.25, 0.3) is 0 Å². The van der Waals surface area contributed by atoms with E-state index in [2.05, 4.69) is 36.3 Å². The predicted molar refractivity (Wildman–Crippen MR) is 110 cm³/mol. The molecule has 3 aliphatic heterocycles. The number of fused-ring (bicyclic) bond motifs is 2. The van der Waals surface area contributed by atoms with Crippen LogP contribution in [0, 0.1) is 0 Å². The number of nitrogens with zero attached hydrogens (tertiary/aromatic N) is 2. The Bertz CT molecular complexity index is 423. The Morgan fingerprint density at radius 1 is 1.21 bits per heavy atom. The number of hydrogen-bond donors (Lipinski definition) is 2. The molecular formula is C18H35IN4O. The van der Waals surface area contributed by atoms with E-state index >= 15 is 0 Å². The molecule has 3 aliphatic rings. The van der Waals surface area contributed by atoms with Crippen LogP contribution >= 0.6 is 24.0 Å². The van der Waals surface area contributed by atoms with Crippen molar-refractivity contribution in [3.63, 3.8) is 0 Å². The van der Waals surface area contributed by atoms with Crippen LogP contribution < -0.4 is 10.6 Å². The molecule has 3 atom stereocenters. The molecule has 0 aromatic rings. The largest absolute Gasteiger partial charge is 0.373 e. The first kappa shape index (κ1) is 20.2. The molecule has 3 rings (SSSR count). The molecular weight excluding hydrogens is 415 g/mol. The molecule has 2 bridgehead atoms. The fourth-order valence-electron chi connectivity index (χ4n) is 4.16. The average Bonchev–Trinajstić information content (AvgIpc) is 3.17. The van der Waals surface area contributed by atoms with Crippen molar-refractivity contribution in [1.82, 2.24) is 15.5 Å². The van der Waals surface area contributed by atoms with Gasteiger partial charge in [-0.15, -0.1) is 24.0 Å². The quantitative estimate of drug-likeness (QED) is 0.384. The number of rotatable bonds is 5. The Labute approximate surface area is 164 Å². The highest BCUT2D eigenvalue weighted by Gasteiger charge is 2.41. The van der Waals surface area contributed by atoms with Gasteiger partial charge < -0.3 is 15.4 Å². The topological polar surface area (TPSA) is 48.9 Å². The van der Waals surface area contributed by atoms with Crippen LogP contribution in [-0.2, 0) is 4.74 Å². The summed E-state index contributed by atoms with van der Waals surface area (Å²) < 4.78 is 5.95. The highest BCUT2D eigenvalue weighted by molar-refractivity contribution is 14.0. The minimum Gasteiger partial charge on any atom is -0.373 e. The lowest BCUT2D eigenvalue weighted by atomic mass is 9.96. The van der Waals surface area contributed by atoms with Crippen LogP contribution in [0.2, 0.25) is 0 Å². The molecule has 6 heteroatoms. The van der Waals surface area contributed by atoms with E-state index in [4.69, 9.17) is 9.73 Å². The molecule has 0 saturated carbocycles. The lowest BCUT2D eigenvalue weighted by Gasteiger charge is -2.40. The SMILES string of the molecule is CCNC(=NCC(C)(C)N1CCCCC1)NC1CC2CCC1O2.I. The molecule has 3 saturated heterocycles. The normalized spacial score (nSPS) is 31.0. The van der Waals surface area contributed by atoms with Crippen LogP contribution in [0.3, 0.4) is 0 Å². The summed E-state index contributed by atoms with van der Waals surface area (Å²) in [7, 11) is 0. The highest BCUT2D eigenvalue weighted by atomic mass is 127. The third-order valence-corrected chi connectivity index (χ3v) is 5.61. The Kier molecular flexibility index (Phi) is 7.61. The van der Waals surface area contributed by atoms with Gasteiger partial charge in [0.2, 0.25) is 0 Å². The molecule has 140 valence electrons. The summed E-state index contributed by atoms with van der Waals surface area (Å²) in [6.07, 6.45) is 8.46. The van der Waals surface area contributed by atoms with Gasteiger partial charge >= 0.3 is 0 Å². The van der Waals surface area contributed by atoms with Gasteiger partial charge in [-0.1, -0.05) is 6.42 Å². The second-order valence-electron chi connectivity index (χ2n) is 7.92. The zero-order chi connectivity index (χ0) is 16.3. The molecule has 5 nitrogen and oxygen atoms in total. The minimum atomic E-state index is 0. The van der Waals surface area contributed by atoms with Gasteiger partial charge in [0.05, 0.1) is 24.8 Å². The molecule has 3 heterocycles. The fourth-order valence-corrected chi connectivity index (χ4v) is 4.16. The van der Waals surface area contributed by atoms with E-state index in [1.165, 1.54) is 45.2 Å². The van der Waals surface area contributed by atoms with Crippen molar-refractivity contribution in [2.45, 2.75) is 83.1 Å². The van der Waals surface area contributed by atoms with Crippen LogP contribution in [0.5, 0.6) is 0 Å². The molecule has 0 radical (unpaired) electrons. The Morgan fingerprint density at radius 2 is 1.96 bits per heavy atom. The van der Waals surface area contributed by atoms with Crippen molar-refractivity contribution in [2.75, 3.05) is 26.2 Å². The lowest BCUT2D eigenvalue weighted by Crippen LogP contribution is -2.51. The Hall–Kier alpha value is -0.0800. The summed E-state index contributed by atoms with van der Waals surface area (Å²) in [6, 6.07) is 0.435. The van der Waals surface area contributed by atoms with Gasteiger partial charge in [-0.3, -0.25) is 9.89 Å². The molecule has 2 N–H and O–H groups in total. The number of hydrogen-bond acceptors (Lipinski definition) is 3.